The number of hydrogen-bond acceptors (Lipinski definition) is 3. The van der Waals surface area contributed by atoms with Crippen molar-refractivity contribution in [2.45, 2.75) is 39.3 Å². The summed E-state index contributed by atoms with van der Waals surface area (Å²) in [5.74, 6) is 0. The van der Waals surface area contributed by atoms with Gasteiger partial charge in [-0.25, -0.2) is 0 Å². The van der Waals surface area contributed by atoms with Crippen molar-refractivity contribution in [3.05, 3.63) is 16.4 Å². The Morgan fingerprint density at radius 1 is 1.53 bits per heavy atom. The first-order chi connectivity index (χ1) is 7.94. The highest BCUT2D eigenvalue weighted by Gasteiger charge is 2.34. The number of halogens is 1. The molecule has 0 aliphatic heterocycles. The molecule has 0 aromatic carbocycles. The van der Waals surface area contributed by atoms with E-state index in [2.05, 4.69) is 47.1 Å². The number of hydrogen-bond donors (Lipinski definition) is 1. The quantitative estimate of drug-likeness (QED) is 0.878. The van der Waals surface area contributed by atoms with Crippen LogP contribution in [0.4, 0.5) is 0 Å². The average molecular weight is 304 g/mol. The van der Waals surface area contributed by atoms with Crippen LogP contribution in [0.2, 0.25) is 0 Å². The van der Waals surface area contributed by atoms with E-state index < -0.39 is 0 Å². The number of aryl methyl sites for hydroxylation is 1. The normalized spacial score (nSPS) is 14.0. The molecule has 1 atom stereocenters. The van der Waals surface area contributed by atoms with Gasteiger partial charge in [-0.05, 0) is 43.2 Å². The summed E-state index contributed by atoms with van der Waals surface area (Å²) < 4.78 is 8.75. The first kappa shape index (κ1) is 14.7. The zero-order valence-corrected chi connectivity index (χ0v) is 12.8. The second kappa shape index (κ2) is 5.98. The van der Waals surface area contributed by atoms with Gasteiger partial charge in [0.25, 0.3) is 0 Å². The first-order valence-electron chi connectivity index (χ1n) is 5.98. The maximum Gasteiger partial charge on any atom is 0.0835 e. The molecule has 17 heavy (non-hydrogen) atoms. The maximum atomic E-state index is 5.85. The molecule has 0 amide bonds. The van der Waals surface area contributed by atoms with E-state index in [0.717, 1.165) is 16.7 Å². The summed E-state index contributed by atoms with van der Waals surface area (Å²) in [6, 6.07) is 0.106. The lowest BCUT2D eigenvalue weighted by atomic mass is 9.95. The van der Waals surface area contributed by atoms with E-state index in [1.54, 1.807) is 0 Å². The van der Waals surface area contributed by atoms with Gasteiger partial charge in [-0.15, -0.1) is 0 Å². The van der Waals surface area contributed by atoms with Crippen molar-refractivity contribution in [2.24, 2.45) is 7.05 Å². The van der Waals surface area contributed by atoms with E-state index in [0.29, 0.717) is 6.61 Å². The van der Waals surface area contributed by atoms with Crippen LogP contribution in [0.15, 0.2) is 10.7 Å². The minimum absolute atomic E-state index is 0.106. The van der Waals surface area contributed by atoms with Gasteiger partial charge >= 0.3 is 0 Å². The van der Waals surface area contributed by atoms with Gasteiger partial charge < -0.3 is 10.1 Å². The molecule has 1 aromatic rings. The fourth-order valence-corrected chi connectivity index (χ4v) is 2.65. The third kappa shape index (κ3) is 3.30. The number of nitrogens with one attached hydrogen (secondary N) is 1. The van der Waals surface area contributed by atoms with Crippen molar-refractivity contribution >= 4 is 15.9 Å². The molecule has 98 valence electrons. The Bertz CT molecular complexity index is 343. The van der Waals surface area contributed by atoms with Gasteiger partial charge in [-0.3, -0.25) is 4.68 Å². The SMILES string of the molecule is CCNC(c1c(Br)cnn1C)C(C)(C)OCC. The summed E-state index contributed by atoms with van der Waals surface area (Å²) in [7, 11) is 1.95. The Morgan fingerprint density at radius 2 is 2.18 bits per heavy atom. The molecule has 1 unspecified atom stereocenters. The van der Waals surface area contributed by atoms with Crippen molar-refractivity contribution < 1.29 is 4.74 Å². The third-order valence-electron chi connectivity index (χ3n) is 2.83. The summed E-state index contributed by atoms with van der Waals surface area (Å²) in [5.41, 5.74) is 0.839. The highest BCUT2D eigenvalue weighted by molar-refractivity contribution is 9.10. The molecule has 1 aromatic heterocycles. The second-order valence-corrected chi connectivity index (χ2v) is 5.38. The van der Waals surface area contributed by atoms with Gasteiger partial charge in [0.15, 0.2) is 0 Å². The first-order valence-corrected chi connectivity index (χ1v) is 6.78. The van der Waals surface area contributed by atoms with Crippen LogP contribution < -0.4 is 5.32 Å². The minimum atomic E-state index is -0.277. The largest absolute Gasteiger partial charge is 0.374 e. The number of aromatic nitrogens is 2. The fraction of sp³-hybridized carbons (Fsp3) is 0.750. The summed E-state index contributed by atoms with van der Waals surface area (Å²) in [5, 5.41) is 7.74. The van der Waals surface area contributed by atoms with E-state index >= 15 is 0 Å². The molecule has 0 spiro atoms. The molecular weight excluding hydrogens is 282 g/mol. The minimum Gasteiger partial charge on any atom is -0.374 e. The maximum absolute atomic E-state index is 5.85. The molecule has 0 aliphatic carbocycles. The van der Waals surface area contributed by atoms with E-state index in [4.69, 9.17) is 4.74 Å². The van der Waals surface area contributed by atoms with Crippen LogP contribution in [0.3, 0.4) is 0 Å². The number of nitrogens with zero attached hydrogens (tertiary/aromatic N) is 2. The van der Waals surface area contributed by atoms with Crippen molar-refractivity contribution in [2.75, 3.05) is 13.2 Å². The lowest BCUT2D eigenvalue weighted by Gasteiger charge is -2.35. The topological polar surface area (TPSA) is 39.1 Å². The van der Waals surface area contributed by atoms with Crippen LogP contribution >= 0.6 is 15.9 Å². The van der Waals surface area contributed by atoms with E-state index in [-0.39, 0.29) is 11.6 Å². The lowest BCUT2D eigenvalue weighted by molar-refractivity contribution is -0.0408. The second-order valence-electron chi connectivity index (χ2n) is 4.53. The predicted octanol–water partition coefficient (Wildman–Crippen LogP) is 2.65. The molecule has 0 fully saturated rings. The fourth-order valence-electron chi connectivity index (χ4n) is 2.08. The van der Waals surface area contributed by atoms with Crippen LogP contribution in [0.25, 0.3) is 0 Å². The van der Waals surface area contributed by atoms with Crippen molar-refractivity contribution in [1.82, 2.24) is 15.1 Å². The highest BCUT2D eigenvalue weighted by atomic mass is 79.9. The van der Waals surface area contributed by atoms with Gasteiger partial charge in [0.1, 0.15) is 0 Å². The Balaban J connectivity index is 3.09. The molecule has 1 N–H and O–H groups in total. The Hall–Kier alpha value is -0.390. The summed E-state index contributed by atoms with van der Waals surface area (Å²) in [4.78, 5) is 0. The Kier molecular flexibility index (Phi) is 5.16. The van der Waals surface area contributed by atoms with E-state index in [1.807, 2.05) is 24.9 Å². The number of ether oxygens (including phenoxy) is 1. The van der Waals surface area contributed by atoms with Crippen LogP contribution in [0, 0.1) is 0 Å². The average Bonchev–Trinajstić information content (AvgIpc) is 2.55. The summed E-state index contributed by atoms with van der Waals surface area (Å²) in [6.07, 6.45) is 1.82. The smallest absolute Gasteiger partial charge is 0.0835 e. The molecule has 0 aliphatic rings. The monoisotopic (exact) mass is 303 g/mol. The summed E-state index contributed by atoms with van der Waals surface area (Å²) >= 11 is 3.55. The molecule has 0 saturated carbocycles. The van der Waals surface area contributed by atoms with Gasteiger partial charge in [-0.2, -0.15) is 5.10 Å². The Labute approximate surface area is 112 Å². The molecule has 1 heterocycles. The molecule has 4 nitrogen and oxygen atoms in total. The van der Waals surface area contributed by atoms with Crippen LogP contribution in [0.5, 0.6) is 0 Å². The standard InChI is InChI=1S/C12H22BrN3O/c1-6-14-11(12(3,4)17-7-2)10-9(13)8-15-16(10)5/h8,11,14H,6-7H2,1-5H3. The van der Waals surface area contributed by atoms with Gasteiger partial charge in [0, 0.05) is 13.7 Å². The van der Waals surface area contributed by atoms with Crippen LogP contribution in [-0.2, 0) is 11.8 Å². The molecule has 0 radical (unpaired) electrons. The Morgan fingerprint density at radius 3 is 2.59 bits per heavy atom. The zero-order valence-electron chi connectivity index (χ0n) is 11.2. The summed E-state index contributed by atoms with van der Waals surface area (Å²) in [6.45, 7) is 9.90. The van der Waals surface area contributed by atoms with Crippen molar-refractivity contribution in [3.63, 3.8) is 0 Å². The predicted molar refractivity (Wildman–Crippen MR) is 73.0 cm³/mol. The molecule has 1 rings (SSSR count). The molecule has 0 saturated heterocycles. The molecule has 0 bridgehead atoms. The zero-order chi connectivity index (χ0) is 13.1. The van der Waals surface area contributed by atoms with Gasteiger partial charge in [0.2, 0.25) is 0 Å². The number of likely N-dealkylation sites (N-methyl/N-ethyl adjacent to an activating group) is 1. The van der Waals surface area contributed by atoms with Crippen LogP contribution in [0.1, 0.15) is 39.4 Å². The number of rotatable bonds is 6. The van der Waals surface area contributed by atoms with Crippen molar-refractivity contribution in [1.29, 1.82) is 0 Å². The van der Waals surface area contributed by atoms with E-state index in [1.165, 1.54) is 0 Å². The third-order valence-corrected chi connectivity index (χ3v) is 3.44. The molecular formula is C12H22BrN3O. The lowest BCUT2D eigenvalue weighted by Crippen LogP contribution is -2.42. The van der Waals surface area contributed by atoms with Gasteiger partial charge in [0.05, 0.1) is 28.0 Å². The molecule has 5 heteroatoms. The van der Waals surface area contributed by atoms with Gasteiger partial charge in [-0.1, -0.05) is 6.92 Å². The van der Waals surface area contributed by atoms with Crippen molar-refractivity contribution in [3.8, 4) is 0 Å². The van der Waals surface area contributed by atoms with E-state index in [9.17, 15) is 0 Å². The highest BCUT2D eigenvalue weighted by Crippen LogP contribution is 2.32. The van der Waals surface area contributed by atoms with Crippen LogP contribution in [-0.4, -0.2) is 28.5 Å².